The third-order valence-electron chi connectivity index (χ3n) is 6.63. The molecule has 1 aliphatic heterocycles. The number of ether oxygens (including phenoxy) is 1. The van der Waals surface area contributed by atoms with Gasteiger partial charge in [0.1, 0.15) is 0 Å². The van der Waals surface area contributed by atoms with Gasteiger partial charge in [-0.2, -0.15) is 13.2 Å². The van der Waals surface area contributed by atoms with Crippen LogP contribution >= 0.6 is 0 Å². The van der Waals surface area contributed by atoms with Crippen molar-refractivity contribution in [1.29, 1.82) is 0 Å². The Hall–Kier alpha value is -1.88. The van der Waals surface area contributed by atoms with Gasteiger partial charge >= 0.3 is 6.18 Å². The molecule has 1 N–H and O–H groups in total. The van der Waals surface area contributed by atoms with E-state index in [1.807, 2.05) is 0 Å². The molecule has 1 aliphatic carbocycles. The summed E-state index contributed by atoms with van der Waals surface area (Å²) in [5.74, 6) is -0.632. The van der Waals surface area contributed by atoms with E-state index < -0.39 is 38.4 Å². The van der Waals surface area contributed by atoms with Crippen molar-refractivity contribution in [3.63, 3.8) is 0 Å². The highest BCUT2D eigenvalue weighted by atomic mass is 32.2. The van der Waals surface area contributed by atoms with Gasteiger partial charge in [-0.05, 0) is 58.9 Å². The Balaban J connectivity index is 1.65. The number of rotatable bonds is 6. The molecule has 1 aromatic heterocycles. The van der Waals surface area contributed by atoms with E-state index in [1.54, 1.807) is 18.7 Å². The highest BCUT2D eigenvalue weighted by molar-refractivity contribution is 7.92. The van der Waals surface area contributed by atoms with Crippen LogP contribution in [0.2, 0.25) is 0 Å². The molecule has 1 atom stereocenters. The number of sulfone groups is 1. The van der Waals surface area contributed by atoms with Crippen molar-refractivity contribution >= 4 is 21.4 Å². The molecule has 2 fully saturated rings. The first-order valence-corrected chi connectivity index (χ1v) is 12.3. The molecule has 0 radical (unpaired) electrons. The van der Waals surface area contributed by atoms with E-state index in [0.717, 1.165) is 6.92 Å². The number of aromatic nitrogens is 1. The summed E-state index contributed by atoms with van der Waals surface area (Å²) in [7, 11) is -3.42. The molecule has 1 aromatic rings. The second-order valence-electron chi connectivity index (χ2n) is 9.22. The zero-order chi connectivity index (χ0) is 23.9. The maximum atomic E-state index is 13.2. The Bertz CT molecular complexity index is 939. The van der Waals surface area contributed by atoms with Crippen LogP contribution in [-0.2, 0) is 14.6 Å². The first-order chi connectivity index (χ1) is 14.7. The van der Waals surface area contributed by atoms with E-state index in [-0.39, 0.29) is 30.4 Å². The fraction of sp³-hybridized carbons (Fsp3) is 0.714. The predicted molar refractivity (Wildman–Crippen MR) is 112 cm³/mol. The average molecular weight is 479 g/mol. The summed E-state index contributed by atoms with van der Waals surface area (Å²) in [4.78, 5) is 18.6. The summed E-state index contributed by atoms with van der Waals surface area (Å²) in [6, 6.07) is 2.79. The molecule has 0 bridgehead atoms. The smallest absolute Gasteiger partial charge is 0.425 e. The largest absolute Gasteiger partial charge is 0.465 e. The first kappa shape index (κ1) is 24.8. The molecule has 2 aliphatic rings. The van der Waals surface area contributed by atoms with Gasteiger partial charge in [0.2, 0.25) is 11.8 Å². The van der Waals surface area contributed by atoms with Crippen molar-refractivity contribution < 1.29 is 36.2 Å². The van der Waals surface area contributed by atoms with Gasteiger partial charge in [-0.3, -0.25) is 4.79 Å². The molecule has 3 rings (SSSR count). The van der Waals surface area contributed by atoms with E-state index in [9.17, 15) is 31.5 Å². The zero-order valence-electron chi connectivity index (χ0n) is 18.4. The molecule has 180 valence electrons. The second kappa shape index (κ2) is 8.48. The van der Waals surface area contributed by atoms with Crippen molar-refractivity contribution in [2.75, 3.05) is 17.2 Å². The SMILES string of the molecule is CC(C)S(=O)(=O)CC1(O)CCC2(CCN(c3ccc(O[C@H](C)C(F)(F)F)nc3)C2=O)CC1. The van der Waals surface area contributed by atoms with Gasteiger partial charge in [0.05, 0.1) is 33.9 Å². The minimum atomic E-state index is -4.50. The van der Waals surface area contributed by atoms with E-state index in [2.05, 4.69) is 4.98 Å². The van der Waals surface area contributed by atoms with Crippen LogP contribution in [0.15, 0.2) is 18.3 Å². The van der Waals surface area contributed by atoms with E-state index in [4.69, 9.17) is 4.74 Å². The van der Waals surface area contributed by atoms with Crippen LogP contribution in [0.3, 0.4) is 0 Å². The Morgan fingerprint density at radius 2 is 1.78 bits per heavy atom. The summed E-state index contributed by atoms with van der Waals surface area (Å²) in [6.07, 6.45) is -3.44. The monoisotopic (exact) mass is 478 g/mol. The summed E-state index contributed by atoms with van der Waals surface area (Å²) in [5, 5.41) is 10.2. The molecular weight excluding hydrogens is 449 g/mol. The van der Waals surface area contributed by atoms with E-state index >= 15 is 0 Å². The van der Waals surface area contributed by atoms with Gasteiger partial charge < -0.3 is 14.7 Å². The second-order valence-corrected chi connectivity index (χ2v) is 11.8. The number of carbonyl (C=O) groups is 1. The Morgan fingerprint density at radius 3 is 2.28 bits per heavy atom. The molecule has 0 unspecified atom stereocenters. The minimum absolute atomic E-state index is 0.134. The van der Waals surface area contributed by atoms with Gasteiger partial charge in [0.15, 0.2) is 15.9 Å². The molecule has 7 nitrogen and oxygen atoms in total. The number of anilines is 1. The van der Waals surface area contributed by atoms with Gasteiger partial charge in [0, 0.05) is 12.6 Å². The molecule has 32 heavy (non-hydrogen) atoms. The Labute approximate surface area is 185 Å². The van der Waals surface area contributed by atoms with Gasteiger partial charge in [-0.25, -0.2) is 13.4 Å². The van der Waals surface area contributed by atoms with Crippen molar-refractivity contribution in [2.24, 2.45) is 5.41 Å². The number of hydrogen-bond acceptors (Lipinski definition) is 6. The fourth-order valence-corrected chi connectivity index (χ4v) is 5.63. The molecule has 1 saturated heterocycles. The van der Waals surface area contributed by atoms with Crippen LogP contribution in [-0.4, -0.2) is 59.8 Å². The number of pyridine rings is 1. The quantitative estimate of drug-likeness (QED) is 0.674. The number of carbonyl (C=O) groups excluding carboxylic acids is 1. The Kier molecular flexibility index (Phi) is 6.56. The lowest BCUT2D eigenvalue weighted by Crippen LogP contribution is -2.47. The Morgan fingerprint density at radius 1 is 1.16 bits per heavy atom. The van der Waals surface area contributed by atoms with Crippen LogP contribution in [0.4, 0.5) is 18.9 Å². The molecule has 1 saturated carbocycles. The van der Waals surface area contributed by atoms with E-state index in [0.29, 0.717) is 31.5 Å². The maximum absolute atomic E-state index is 13.2. The van der Waals surface area contributed by atoms with Crippen LogP contribution in [0.1, 0.15) is 52.9 Å². The lowest BCUT2D eigenvalue weighted by Gasteiger charge is -2.40. The topological polar surface area (TPSA) is 96.8 Å². The third kappa shape index (κ3) is 5.03. The molecule has 1 spiro atoms. The lowest BCUT2D eigenvalue weighted by molar-refractivity contribution is -0.189. The lowest BCUT2D eigenvalue weighted by atomic mass is 9.68. The highest BCUT2D eigenvalue weighted by Crippen LogP contribution is 2.49. The van der Waals surface area contributed by atoms with Crippen LogP contribution in [0.25, 0.3) is 0 Å². The number of halogens is 3. The summed E-state index contributed by atoms with van der Waals surface area (Å²) in [6.45, 7) is 4.47. The standard InChI is InChI=1S/C21H29F3N2O5S/c1-14(2)32(29,30)13-20(28)8-6-19(7-9-20)10-11-26(18(19)27)16-4-5-17(25-12-16)31-15(3)21(22,23)24/h4-5,12,14-15,28H,6-11,13H2,1-3H3/t15-,19?,20?/m1/s1. The van der Waals surface area contributed by atoms with Gasteiger partial charge in [-0.15, -0.1) is 0 Å². The van der Waals surface area contributed by atoms with Gasteiger partial charge in [0.25, 0.3) is 0 Å². The summed E-state index contributed by atoms with van der Waals surface area (Å²) < 4.78 is 67.2. The molecule has 2 heterocycles. The fourth-order valence-electron chi connectivity index (χ4n) is 4.26. The zero-order valence-corrected chi connectivity index (χ0v) is 19.2. The minimum Gasteiger partial charge on any atom is -0.465 e. The summed E-state index contributed by atoms with van der Waals surface area (Å²) >= 11 is 0. The highest BCUT2D eigenvalue weighted by Gasteiger charge is 2.52. The number of alkyl halides is 3. The van der Waals surface area contributed by atoms with Crippen molar-refractivity contribution in [2.45, 2.75) is 76.0 Å². The summed E-state index contributed by atoms with van der Waals surface area (Å²) in [5.41, 5.74) is -1.55. The maximum Gasteiger partial charge on any atom is 0.425 e. The number of hydrogen-bond donors (Lipinski definition) is 1. The molecule has 0 aromatic carbocycles. The van der Waals surface area contributed by atoms with Crippen LogP contribution in [0, 0.1) is 5.41 Å². The van der Waals surface area contributed by atoms with Crippen LogP contribution < -0.4 is 9.64 Å². The third-order valence-corrected chi connectivity index (χ3v) is 9.01. The van der Waals surface area contributed by atoms with Crippen molar-refractivity contribution in [3.05, 3.63) is 18.3 Å². The van der Waals surface area contributed by atoms with Gasteiger partial charge in [-0.1, -0.05) is 0 Å². The average Bonchev–Trinajstić information content (AvgIpc) is 3.00. The van der Waals surface area contributed by atoms with Crippen molar-refractivity contribution in [1.82, 2.24) is 4.98 Å². The number of aliphatic hydroxyl groups is 1. The van der Waals surface area contributed by atoms with Crippen LogP contribution in [0.5, 0.6) is 5.88 Å². The van der Waals surface area contributed by atoms with E-state index in [1.165, 1.54) is 18.3 Å². The number of amides is 1. The molecular formula is C21H29F3N2O5S. The normalized spacial score (nSPS) is 27.9. The predicted octanol–water partition coefficient (Wildman–Crippen LogP) is 3.26. The molecule has 1 amide bonds. The molecule has 11 heteroatoms. The first-order valence-electron chi connectivity index (χ1n) is 10.6. The number of nitrogens with zero attached hydrogens (tertiary/aromatic N) is 2. The van der Waals surface area contributed by atoms with Crippen molar-refractivity contribution in [3.8, 4) is 5.88 Å².